The van der Waals surface area contributed by atoms with E-state index in [0.717, 1.165) is 25.0 Å². The minimum absolute atomic E-state index is 0.441. The summed E-state index contributed by atoms with van der Waals surface area (Å²) in [6, 6.07) is 0. The molecule has 0 amide bonds. The predicted octanol–water partition coefficient (Wildman–Crippen LogP) is 1.86. The van der Waals surface area contributed by atoms with Gasteiger partial charge in [0.05, 0.1) is 6.61 Å². The molecule has 0 rings (SSSR count). The first kappa shape index (κ1) is 11.9. The number of aldehydes is 1. The third-order valence-electron chi connectivity index (χ3n) is 1.55. The molecule has 0 fully saturated rings. The molecule has 74 valence electrons. The highest BCUT2D eigenvalue weighted by Crippen LogP contribution is 1.98. The van der Waals surface area contributed by atoms with Crippen molar-refractivity contribution in [2.24, 2.45) is 0 Å². The Morgan fingerprint density at radius 3 is 2.69 bits per heavy atom. The Labute approximate surface area is 78.8 Å². The van der Waals surface area contributed by atoms with Crippen LogP contribution in [-0.4, -0.2) is 18.9 Å². The maximum atomic E-state index is 10.8. The standard InChI is InChI=1S/C10H16O3/c1-2-3-4-5-9-13-10(12)7-6-8-11/h6-8H,2-5,9H2,1H3/b7-6+. The van der Waals surface area contributed by atoms with Crippen molar-refractivity contribution in [3.8, 4) is 0 Å². The molecule has 0 aliphatic carbocycles. The van der Waals surface area contributed by atoms with Gasteiger partial charge < -0.3 is 4.74 Å². The van der Waals surface area contributed by atoms with Crippen molar-refractivity contribution < 1.29 is 14.3 Å². The summed E-state index contributed by atoms with van der Waals surface area (Å²) in [6.07, 6.45) is 7.13. The van der Waals surface area contributed by atoms with E-state index in [4.69, 9.17) is 4.74 Å². The number of hydrogen-bond donors (Lipinski definition) is 0. The van der Waals surface area contributed by atoms with E-state index < -0.39 is 5.97 Å². The molecule has 0 saturated carbocycles. The third kappa shape index (κ3) is 8.79. The monoisotopic (exact) mass is 184 g/mol. The van der Waals surface area contributed by atoms with Crippen molar-refractivity contribution >= 4 is 12.3 Å². The Balaban J connectivity index is 3.26. The fourth-order valence-electron chi connectivity index (χ4n) is 0.868. The second kappa shape index (κ2) is 8.97. The molecule has 0 aromatic carbocycles. The highest BCUT2D eigenvalue weighted by molar-refractivity contribution is 5.86. The van der Waals surface area contributed by atoms with Gasteiger partial charge in [-0.2, -0.15) is 0 Å². The number of ether oxygens (including phenoxy) is 1. The molecule has 13 heavy (non-hydrogen) atoms. The summed E-state index contributed by atoms with van der Waals surface area (Å²) >= 11 is 0. The van der Waals surface area contributed by atoms with Gasteiger partial charge in [-0.1, -0.05) is 26.2 Å². The van der Waals surface area contributed by atoms with Crippen LogP contribution in [0.25, 0.3) is 0 Å². The normalized spacial score (nSPS) is 10.2. The van der Waals surface area contributed by atoms with Gasteiger partial charge in [-0.05, 0) is 12.5 Å². The highest BCUT2D eigenvalue weighted by atomic mass is 16.5. The summed E-state index contributed by atoms with van der Waals surface area (Å²) < 4.78 is 4.81. The van der Waals surface area contributed by atoms with E-state index >= 15 is 0 Å². The quantitative estimate of drug-likeness (QED) is 0.262. The lowest BCUT2D eigenvalue weighted by molar-refractivity contribution is -0.138. The molecule has 3 nitrogen and oxygen atoms in total. The van der Waals surface area contributed by atoms with Crippen LogP contribution in [-0.2, 0) is 14.3 Å². The van der Waals surface area contributed by atoms with Gasteiger partial charge in [0.15, 0.2) is 0 Å². The Kier molecular flexibility index (Phi) is 8.20. The molecule has 0 radical (unpaired) electrons. The summed E-state index contributed by atoms with van der Waals surface area (Å²) in [5, 5.41) is 0. The SMILES string of the molecule is CCCCCCOC(=O)/C=C/C=O. The maximum Gasteiger partial charge on any atom is 0.330 e. The Morgan fingerprint density at radius 1 is 1.31 bits per heavy atom. The first-order valence-electron chi connectivity index (χ1n) is 4.60. The van der Waals surface area contributed by atoms with Gasteiger partial charge in [0.25, 0.3) is 0 Å². The fraction of sp³-hybridized carbons (Fsp3) is 0.600. The Morgan fingerprint density at radius 2 is 2.08 bits per heavy atom. The number of allylic oxidation sites excluding steroid dienone is 1. The van der Waals surface area contributed by atoms with Crippen molar-refractivity contribution in [2.45, 2.75) is 32.6 Å². The van der Waals surface area contributed by atoms with Gasteiger partial charge >= 0.3 is 5.97 Å². The van der Waals surface area contributed by atoms with Crippen LogP contribution in [0.15, 0.2) is 12.2 Å². The second-order valence-electron chi connectivity index (χ2n) is 2.72. The van der Waals surface area contributed by atoms with Crippen molar-refractivity contribution in [3.05, 3.63) is 12.2 Å². The maximum absolute atomic E-state index is 10.8. The van der Waals surface area contributed by atoms with E-state index in [0.29, 0.717) is 12.9 Å². The predicted molar refractivity (Wildman–Crippen MR) is 50.3 cm³/mol. The largest absolute Gasteiger partial charge is 0.463 e. The van der Waals surface area contributed by atoms with Gasteiger partial charge in [-0.25, -0.2) is 4.79 Å². The molecule has 0 spiro atoms. The van der Waals surface area contributed by atoms with Gasteiger partial charge in [0, 0.05) is 6.08 Å². The van der Waals surface area contributed by atoms with E-state index in [9.17, 15) is 9.59 Å². The summed E-state index contributed by atoms with van der Waals surface area (Å²) in [6.45, 7) is 2.57. The van der Waals surface area contributed by atoms with Gasteiger partial charge in [-0.15, -0.1) is 0 Å². The second-order valence-corrected chi connectivity index (χ2v) is 2.72. The average molecular weight is 184 g/mol. The van der Waals surface area contributed by atoms with Crippen LogP contribution in [0.5, 0.6) is 0 Å². The smallest absolute Gasteiger partial charge is 0.330 e. The molecule has 0 aliphatic heterocycles. The molecule has 0 heterocycles. The third-order valence-corrected chi connectivity index (χ3v) is 1.55. The lowest BCUT2D eigenvalue weighted by Crippen LogP contribution is -2.02. The molecule has 0 aromatic heterocycles. The van der Waals surface area contributed by atoms with E-state index in [1.807, 2.05) is 0 Å². The highest BCUT2D eigenvalue weighted by Gasteiger charge is 1.95. The Bertz CT molecular complexity index is 173. The first-order chi connectivity index (χ1) is 6.31. The van der Waals surface area contributed by atoms with Crippen molar-refractivity contribution in [1.82, 2.24) is 0 Å². The lowest BCUT2D eigenvalue weighted by atomic mass is 10.2. The molecule has 0 unspecified atom stereocenters. The van der Waals surface area contributed by atoms with Crippen molar-refractivity contribution in [3.63, 3.8) is 0 Å². The van der Waals surface area contributed by atoms with Crippen LogP contribution in [0.4, 0.5) is 0 Å². The number of rotatable bonds is 7. The molecule has 3 heteroatoms. The minimum Gasteiger partial charge on any atom is -0.463 e. The molecular formula is C10H16O3. The fourth-order valence-corrected chi connectivity index (χ4v) is 0.868. The van der Waals surface area contributed by atoms with E-state index in [1.165, 1.54) is 12.8 Å². The van der Waals surface area contributed by atoms with Crippen LogP contribution >= 0.6 is 0 Å². The zero-order valence-electron chi connectivity index (χ0n) is 7.99. The molecule has 0 saturated heterocycles. The van der Waals surface area contributed by atoms with Gasteiger partial charge in [0.2, 0.25) is 0 Å². The molecule has 0 atom stereocenters. The number of unbranched alkanes of at least 4 members (excludes halogenated alkanes) is 3. The summed E-state index contributed by atoms with van der Waals surface area (Å²) in [7, 11) is 0. The van der Waals surface area contributed by atoms with Gasteiger partial charge in [-0.3, -0.25) is 4.79 Å². The van der Waals surface area contributed by atoms with Gasteiger partial charge in [0.1, 0.15) is 6.29 Å². The zero-order chi connectivity index (χ0) is 9.94. The topological polar surface area (TPSA) is 43.4 Å². The number of carbonyl (C=O) groups is 2. The van der Waals surface area contributed by atoms with Crippen molar-refractivity contribution in [2.75, 3.05) is 6.61 Å². The number of esters is 1. The van der Waals surface area contributed by atoms with Crippen LogP contribution in [0.3, 0.4) is 0 Å². The first-order valence-corrected chi connectivity index (χ1v) is 4.60. The summed E-state index contributed by atoms with van der Waals surface area (Å²) in [5.74, 6) is -0.441. The van der Waals surface area contributed by atoms with Crippen molar-refractivity contribution in [1.29, 1.82) is 0 Å². The van der Waals surface area contributed by atoms with E-state index in [1.54, 1.807) is 0 Å². The van der Waals surface area contributed by atoms with Crippen LogP contribution in [0.1, 0.15) is 32.6 Å². The van der Waals surface area contributed by atoms with Crippen LogP contribution in [0.2, 0.25) is 0 Å². The number of carbonyl (C=O) groups excluding carboxylic acids is 2. The minimum atomic E-state index is -0.441. The molecule has 0 N–H and O–H groups in total. The molecule has 0 aromatic rings. The van der Waals surface area contributed by atoms with Crippen LogP contribution < -0.4 is 0 Å². The molecular weight excluding hydrogens is 168 g/mol. The summed E-state index contributed by atoms with van der Waals surface area (Å²) in [4.78, 5) is 20.6. The number of hydrogen-bond acceptors (Lipinski definition) is 3. The Hall–Kier alpha value is -1.12. The molecule has 0 aliphatic rings. The van der Waals surface area contributed by atoms with E-state index in [2.05, 4.69) is 6.92 Å². The van der Waals surface area contributed by atoms with E-state index in [-0.39, 0.29) is 0 Å². The summed E-state index contributed by atoms with van der Waals surface area (Å²) in [5.41, 5.74) is 0. The molecule has 0 bridgehead atoms. The lowest BCUT2D eigenvalue weighted by Gasteiger charge is -2.00. The zero-order valence-corrected chi connectivity index (χ0v) is 7.99. The van der Waals surface area contributed by atoms with Crippen LogP contribution in [0, 0.1) is 0 Å². The average Bonchev–Trinajstić information content (AvgIpc) is 2.14.